The summed E-state index contributed by atoms with van der Waals surface area (Å²) in [6, 6.07) is -2.42. The van der Waals surface area contributed by atoms with Crippen LogP contribution < -0.4 is 5.32 Å². The van der Waals surface area contributed by atoms with Crippen LogP contribution in [0.25, 0.3) is 0 Å². The highest BCUT2D eigenvalue weighted by molar-refractivity contribution is 5.82. The first-order valence-electron chi connectivity index (χ1n) is 5.71. The summed E-state index contributed by atoms with van der Waals surface area (Å²) in [6.07, 6.45) is -4.22. The van der Waals surface area contributed by atoms with Crippen LogP contribution in [0.2, 0.25) is 0 Å². The van der Waals surface area contributed by atoms with Crippen LogP contribution in [-0.4, -0.2) is 59.0 Å². The zero-order valence-electron chi connectivity index (χ0n) is 9.98. The SMILES string of the molecule is O=C(O)[C@@H](CO)NC(=O)N1CCCC(C(F)(F)F)C1. The predicted molar refractivity (Wildman–Crippen MR) is 57.4 cm³/mol. The summed E-state index contributed by atoms with van der Waals surface area (Å²) < 4.78 is 37.6. The molecule has 0 bridgehead atoms. The van der Waals surface area contributed by atoms with E-state index in [4.69, 9.17) is 10.2 Å². The number of urea groups is 1. The largest absolute Gasteiger partial charge is 0.480 e. The van der Waals surface area contributed by atoms with Crippen LogP contribution in [0.5, 0.6) is 0 Å². The third-order valence-electron chi connectivity index (χ3n) is 2.95. The lowest BCUT2D eigenvalue weighted by Gasteiger charge is -2.34. The highest BCUT2D eigenvalue weighted by atomic mass is 19.4. The quantitative estimate of drug-likeness (QED) is 0.700. The minimum absolute atomic E-state index is 0.0460. The maximum absolute atomic E-state index is 12.5. The van der Waals surface area contributed by atoms with E-state index < -0.39 is 43.3 Å². The number of halogens is 3. The summed E-state index contributed by atoms with van der Waals surface area (Å²) in [5.41, 5.74) is 0. The monoisotopic (exact) mass is 284 g/mol. The van der Waals surface area contributed by atoms with Gasteiger partial charge in [-0.25, -0.2) is 9.59 Å². The van der Waals surface area contributed by atoms with Crippen molar-refractivity contribution in [3.63, 3.8) is 0 Å². The number of nitrogens with one attached hydrogen (secondary N) is 1. The van der Waals surface area contributed by atoms with Crippen LogP contribution >= 0.6 is 0 Å². The molecule has 0 radical (unpaired) electrons. The molecule has 1 rings (SSSR count). The molecule has 0 aromatic rings. The Morgan fingerprint density at radius 2 is 2.05 bits per heavy atom. The standard InChI is InChI=1S/C10H15F3N2O4/c11-10(12,13)6-2-1-3-15(4-6)9(19)14-7(5-16)8(17)18/h6-7,16H,1-5H2,(H,14,19)(H,17,18)/t6?,7-/m1/s1. The van der Waals surface area contributed by atoms with Crippen LogP contribution in [-0.2, 0) is 4.79 Å². The molecular weight excluding hydrogens is 269 g/mol. The van der Waals surface area contributed by atoms with Crippen LogP contribution in [0.1, 0.15) is 12.8 Å². The molecule has 1 aliphatic heterocycles. The lowest BCUT2D eigenvalue weighted by Crippen LogP contribution is -2.53. The predicted octanol–water partition coefficient (Wildman–Crippen LogP) is 0.416. The van der Waals surface area contributed by atoms with Gasteiger partial charge in [0, 0.05) is 13.1 Å². The molecule has 0 aliphatic carbocycles. The molecular formula is C10H15F3N2O4. The van der Waals surface area contributed by atoms with E-state index in [-0.39, 0.29) is 19.4 Å². The van der Waals surface area contributed by atoms with Crippen molar-refractivity contribution in [2.75, 3.05) is 19.7 Å². The molecule has 1 aliphatic rings. The molecule has 6 nitrogen and oxygen atoms in total. The molecule has 110 valence electrons. The number of carboxylic acids is 1. The first kappa shape index (κ1) is 15.5. The summed E-state index contributed by atoms with van der Waals surface area (Å²) in [5, 5.41) is 19.3. The van der Waals surface area contributed by atoms with Crippen LogP contribution in [0.3, 0.4) is 0 Å². The van der Waals surface area contributed by atoms with Crippen LogP contribution in [0.15, 0.2) is 0 Å². The van der Waals surface area contributed by atoms with Gasteiger partial charge >= 0.3 is 18.2 Å². The van der Waals surface area contributed by atoms with Crippen molar-refractivity contribution in [2.24, 2.45) is 5.92 Å². The summed E-state index contributed by atoms with van der Waals surface area (Å²) >= 11 is 0. The van der Waals surface area contributed by atoms with Crippen molar-refractivity contribution in [3.05, 3.63) is 0 Å². The Balaban J connectivity index is 2.60. The zero-order chi connectivity index (χ0) is 14.6. The number of amides is 2. The molecule has 0 aromatic carbocycles. The summed E-state index contributed by atoms with van der Waals surface area (Å²) in [4.78, 5) is 23.1. The van der Waals surface area contributed by atoms with Gasteiger partial charge in [0.1, 0.15) is 0 Å². The molecule has 9 heteroatoms. The van der Waals surface area contributed by atoms with E-state index in [2.05, 4.69) is 0 Å². The van der Waals surface area contributed by atoms with Gasteiger partial charge in [0.2, 0.25) is 0 Å². The number of aliphatic hydroxyl groups is 1. The maximum atomic E-state index is 12.5. The van der Waals surface area contributed by atoms with E-state index in [0.29, 0.717) is 0 Å². The summed E-state index contributed by atoms with van der Waals surface area (Å²) in [5.74, 6) is -3.04. The number of alkyl halides is 3. The first-order chi connectivity index (χ1) is 8.75. The van der Waals surface area contributed by atoms with Gasteiger partial charge < -0.3 is 20.4 Å². The Morgan fingerprint density at radius 3 is 2.53 bits per heavy atom. The molecule has 2 amide bonds. The van der Waals surface area contributed by atoms with E-state index in [0.717, 1.165) is 4.90 Å². The number of aliphatic hydroxyl groups excluding tert-OH is 1. The molecule has 1 unspecified atom stereocenters. The molecule has 0 saturated carbocycles. The number of carbonyl (C=O) groups is 2. The van der Waals surface area contributed by atoms with Crippen molar-refractivity contribution in [2.45, 2.75) is 25.1 Å². The topological polar surface area (TPSA) is 89.9 Å². The fourth-order valence-electron chi connectivity index (χ4n) is 1.85. The number of piperidine rings is 1. The third kappa shape index (κ3) is 4.27. The average molecular weight is 284 g/mol. The fourth-order valence-corrected chi connectivity index (χ4v) is 1.85. The smallest absolute Gasteiger partial charge is 0.393 e. The van der Waals surface area contributed by atoms with Crippen LogP contribution in [0.4, 0.5) is 18.0 Å². The van der Waals surface area contributed by atoms with Gasteiger partial charge in [0.15, 0.2) is 6.04 Å². The van der Waals surface area contributed by atoms with E-state index in [1.54, 1.807) is 0 Å². The van der Waals surface area contributed by atoms with Gasteiger partial charge in [-0.15, -0.1) is 0 Å². The number of hydrogen-bond acceptors (Lipinski definition) is 3. The summed E-state index contributed by atoms with van der Waals surface area (Å²) in [6.45, 7) is -1.18. The highest BCUT2D eigenvalue weighted by Crippen LogP contribution is 2.33. The molecule has 0 aromatic heterocycles. The second kappa shape index (κ2) is 6.09. The van der Waals surface area contributed by atoms with Crippen molar-refractivity contribution in [1.82, 2.24) is 10.2 Å². The van der Waals surface area contributed by atoms with E-state index in [9.17, 15) is 22.8 Å². The fraction of sp³-hybridized carbons (Fsp3) is 0.800. The number of aliphatic carboxylic acids is 1. The Kier molecular flexibility index (Phi) is 4.98. The molecule has 19 heavy (non-hydrogen) atoms. The van der Waals surface area contributed by atoms with Crippen LogP contribution in [0, 0.1) is 5.92 Å². The number of rotatable bonds is 3. The van der Waals surface area contributed by atoms with Crippen molar-refractivity contribution in [1.29, 1.82) is 0 Å². The van der Waals surface area contributed by atoms with Gasteiger partial charge in [-0.05, 0) is 12.8 Å². The Bertz CT molecular complexity index is 348. The van der Waals surface area contributed by atoms with Gasteiger partial charge in [0.05, 0.1) is 12.5 Å². The lowest BCUT2D eigenvalue weighted by molar-refractivity contribution is -0.184. The second-order valence-corrected chi connectivity index (χ2v) is 4.35. The lowest BCUT2D eigenvalue weighted by atomic mass is 9.98. The number of carboxylic acid groups (broad SMARTS) is 1. The highest BCUT2D eigenvalue weighted by Gasteiger charge is 2.42. The average Bonchev–Trinajstić information content (AvgIpc) is 2.34. The van der Waals surface area contributed by atoms with E-state index >= 15 is 0 Å². The number of nitrogens with zero attached hydrogens (tertiary/aromatic N) is 1. The second-order valence-electron chi connectivity index (χ2n) is 4.35. The Hall–Kier alpha value is -1.51. The number of carbonyl (C=O) groups excluding carboxylic acids is 1. The minimum atomic E-state index is -4.37. The molecule has 3 N–H and O–H groups in total. The summed E-state index contributed by atoms with van der Waals surface area (Å²) in [7, 11) is 0. The normalized spacial score (nSPS) is 21.9. The van der Waals surface area contributed by atoms with Crippen molar-refractivity contribution in [3.8, 4) is 0 Å². The van der Waals surface area contributed by atoms with Gasteiger partial charge in [-0.2, -0.15) is 13.2 Å². The van der Waals surface area contributed by atoms with Crippen molar-refractivity contribution < 1.29 is 33.0 Å². The van der Waals surface area contributed by atoms with Crippen molar-refractivity contribution >= 4 is 12.0 Å². The third-order valence-corrected chi connectivity index (χ3v) is 2.95. The Labute approximate surface area is 107 Å². The number of hydrogen-bond donors (Lipinski definition) is 3. The molecule has 1 saturated heterocycles. The van der Waals surface area contributed by atoms with Gasteiger partial charge in [0.25, 0.3) is 0 Å². The Morgan fingerprint density at radius 1 is 1.42 bits per heavy atom. The van der Waals surface area contributed by atoms with Gasteiger partial charge in [-0.3, -0.25) is 0 Å². The molecule has 1 heterocycles. The first-order valence-corrected chi connectivity index (χ1v) is 5.71. The molecule has 2 atom stereocenters. The minimum Gasteiger partial charge on any atom is -0.480 e. The zero-order valence-corrected chi connectivity index (χ0v) is 9.98. The maximum Gasteiger partial charge on any atom is 0.393 e. The molecule has 1 fully saturated rings. The van der Waals surface area contributed by atoms with E-state index in [1.165, 1.54) is 0 Å². The van der Waals surface area contributed by atoms with E-state index in [1.807, 2.05) is 5.32 Å². The van der Waals surface area contributed by atoms with Gasteiger partial charge in [-0.1, -0.05) is 0 Å². The number of likely N-dealkylation sites (tertiary alicyclic amines) is 1. The molecule has 0 spiro atoms.